The molecule has 0 bridgehead atoms. The maximum Gasteiger partial charge on any atom is 0.222 e. The van der Waals surface area contributed by atoms with Crippen molar-refractivity contribution in [3.05, 3.63) is 42.5 Å². The highest BCUT2D eigenvalue weighted by molar-refractivity contribution is 5.76. The molecular weight excluding hydrogens is 292 g/mol. The number of carbonyl (C=O) groups excluding carboxylic acids is 1. The lowest BCUT2D eigenvalue weighted by atomic mass is 10.1. The molecule has 1 aromatic heterocycles. The van der Waals surface area contributed by atoms with E-state index in [2.05, 4.69) is 17.0 Å². The van der Waals surface area contributed by atoms with E-state index in [1.54, 1.807) is 18.1 Å². The Balaban J connectivity index is 1.78. The Kier molecular flexibility index (Phi) is 6.14. The second-order valence-electron chi connectivity index (χ2n) is 5.67. The van der Waals surface area contributed by atoms with Crippen LogP contribution in [0.15, 0.2) is 36.9 Å². The van der Waals surface area contributed by atoms with Crippen LogP contribution in [-0.2, 0) is 17.8 Å². The third-order valence-corrected chi connectivity index (χ3v) is 3.99. The topological polar surface area (TPSA) is 60.2 Å². The first-order valence-corrected chi connectivity index (χ1v) is 7.81. The summed E-state index contributed by atoms with van der Waals surface area (Å²) in [4.78, 5) is 18.0. The Bertz CT molecular complexity index is 596. The van der Waals surface area contributed by atoms with Crippen molar-refractivity contribution < 1.29 is 9.53 Å². The van der Waals surface area contributed by atoms with E-state index in [1.807, 2.05) is 36.2 Å². The molecule has 0 aliphatic carbocycles. The SMILES string of the molecule is COc1ccc(C[C@H](C)N(C)C(=O)CCCn2cncn2)cc1. The van der Waals surface area contributed by atoms with Gasteiger partial charge in [-0.2, -0.15) is 5.10 Å². The molecule has 2 aromatic rings. The smallest absolute Gasteiger partial charge is 0.222 e. The van der Waals surface area contributed by atoms with Gasteiger partial charge in [-0.05, 0) is 37.5 Å². The number of hydrogen-bond donors (Lipinski definition) is 0. The van der Waals surface area contributed by atoms with Crippen LogP contribution in [0.4, 0.5) is 0 Å². The van der Waals surface area contributed by atoms with Crippen molar-refractivity contribution in [3.8, 4) is 5.75 Å². The van der Waals surface area contributed by atoms with E-state index < -0.39 is 0 Å². The van der Waals surface area contributed by atoms with Gasteiger partial charge in [0.05, 0.1) is 7.11 Å². The lowest BCUT2D eigenvalue weighted by Crippen LogP contribution is -2.36. The molecule has 0 radical (unpaired) electrons. The normalized spacial score (nSPS) is 12.0. The van der Waals surface area contributed by atoms with Crippen LogP contribution in [0.5, 0.6) is 5.75 Å². The molecule has 0 aliphatic rings. The highest BCUT2D eigenvalue weighted by atomic mass is 16.5. The van der Waals surface area contributed by atoms with Gasteiger partial charge in [-0.3, -0.25) is 9.48 Å². The summed E-state index contributed by atoms with van der Waals surface area (Å²) in [5, 5.41) is 4.03. The van der Waals surface area contributed by atoms with Crippen LogP contribution in [-0.4, -0.2) is 45.8 Å². The molecule has 0 aliphatic heterocycles. The molecule has 0 spiro atoms. The van der Waals surface area contributed by atoms with Crippen molar-refractivity contribution in [1.82, 2.24) is 19.7 Å². The molecule has 0 unspecified atom stereocenters. The van der Waals surface area contributed by atoms with E-state index in [1.165, 1.54) is 11.9 Å². The molecular formula is C17H24N4O2. The Morgan fingerprint density at radius 2 is 2.09 bits per heavy atom. The lowest BCUT2D eigenvalue weighted by molar-refractivity contribution is -0.131. The number of likely N-dealkylation sites (N-methyl/N-ethyl adjacent to an activating group) is 1. The number of ether oxygens (including phenoxy) is 1. The van der Waals surface area contributed by atoms with Crippen LogP contribution < -0.4 is 4.74 Å². The zero-order chi connectivity index (χ0) is 16.7. The van der Waals surface area contributed by atoms with Gasteiger partial charge in [0.2, 0.25) is 5.91 Å². The van der Waals surface area contributed by atoms with Gasteiger partial charge < -0.3 is 9.64 Å². The van der Waals surface area contributed by atoms with Crippen LogP contribution in [0, 0.1) is 0 Å². The Morgan fingerprint density at radius 1 is 1.35 bits per heavy atom. The van der Waals surface area contributed by atoms with E-state index in [4.69, 9.17) is 4.74 Å². The largest absolute Gasteiger partial charge is 0.497 e. The Morgan fingerprint density at radius 3 is 2.70 bits per heavy atom. The number of amides is 1. The third kappa shape index (κ3) is 5.09. The summed E-state index contributed by atoms with van der Waals surface area (Å²) in [7, 11) is 3.52. The summed E-state index contributed by atoms with van der Waals surface area (Å²) in [6.07, 6.45) is 5.28. The van der Waals surface area contributed by atoms with Gasteiger partial charge in [0.25, 0.3) is 0 Å². The van der Waals surface area contributed by atoms with Crippen LogP contribution in [0.3, 0.4) is 0 Å². The molecule has 6 heteroatoms. The zero-order valence-corrected chi connectivity index (χ0v) is 14.0. The number of hydrogen-bond acceptors (Lipinski definition) is 4. The van der Waals surface area contributed by atoms with Crippen LogP contribution >= 0.6 is 0 Å². The van der Waals surface area contributed by atoms with Crippen molar-refractivity contribution >= 4 is 5.91 Å². The molecule has 1 aromatic carbocycles. The van der Waals surface area contributed by atoms with Gasteiger partial charge >= 0.3 is 0 Å². The molecule has 1 heterocycles. The maximum absolute atomic E-state index is 12.3. The van der Waals surface area contributed by atoms with E-state index in [-0.39, 0.29) is 11.9 Å². The maximum atomic E-state index is 12.3. The third-order valence-electron chi connectivity index (χ3n) is 3.99. The van der Waals surface area contributed by atoms with Crippen LogP contribution in [0.2, 0.25) is 0 Å². The van der Waals surface area contributed by atoms with Gasteiger partial charge in [-0.1, -0.05) is 12.1 Å². The van der Waals surface area contributed by atoms with Crippen LogP contribution in [0.1, 0.15) is 25.3 Å². The highest BCUT2D eigenvalue weighted by Crippen LogP contribution is 2.14. The first kappa shape index (κ1) is 17.0. The number of aryl methyl sites for hydroxylation is 1. The number of aromatic nitrogens is 3. The van der Waals surface area contributed by atoms with E-state index in [0.29, 0.717) is 13.0 Å². The van der Waals surface area contributed by atoms with Gasteiger partial charge in [0.1, 0.15) is 18.4 Å². The highest BCUT2D eigenvalue weighted by Gasteiger charge is 2.15. The van der Waals surface area contributed by atoms with Gasteiger partial charge in [0.15, 0.2) is 0 Å². The van der Waals surface area contributed by atoms with Gasteiger partial charge in [-0.15, -0.1) is 0 Å². The monoisotopic (exact) mass is 316 g/mol. The van der Waals surface area contributed by atoms with Crippen LogP contribution in [0.25, 0.3) is 0 Å². The van der Waals surface area contributed by atoms with Crippen molar-refractivity contribution in [2.45, 2.75) is 38.8 Å². The summed E-state index contributed by atoms with van der Waals surface area (Å²) in [6.45, 7) is 2.78. The predicted molar refractivity (Wildman–Crippen MR) is 88.2 cm³/mol. The van der Waals surface area contributed by atoms with Crippen molar-refractivity contribution in [1.29, 1.82) is 0 Å². The minimum absolute atomic E-state index is 0.155. The second kappa shape index (κ2) is 8.31. The quantitative estimate of drug-likeness (QED) is 0.749. The standard InChI is InChI=1S/C17H24N4O2/c1-14(11-15-6-8-16(23-3)9-7-15)20(2)17(22)5-4-10-21-13-18-12-19-21/h6-9,12-14H,4-5,10-11H2,1-3H3/t14-/m0/s1. The molecule has 0 saturated carbocycles. The fourth-order valence-corrected chi connectivity index (χ4v) is 2.40. The summed E-state index contributed by atoms with van der Waals surface area (Å²) in [6, 6.07) is 8.13. The predicted octanol–water partition coefficient (Wildman–Crippen LogP) is 2.16. The average Bonchev–Trinajstić information content (AvgIpc) is 3.08. The summed E-state index contributed by atoms with van der Waals surface area (Å²) >= 11 is 0. The fraction of sp³-hybridized carbons (Fsp3) is 0.471. The number of methoxy groups -OCH3 is 1. The molecule has 1 atom stereocenters. The van der Waals surface area contributed by atoms with Crippen molar-refractivity contribution in [3.63, 3.8) is 0 Å². The summed E-state index contributed by atoms with van der Waals surface area (Å²) in [5.41, 5.74) is 1.19. The van der Waals surface area contributed by atoms with E-state index >= 15 is 0 Å². The van der Waals surface area contributed by atoms with Gasteiger partial charge in [-0.25, -0.2) is 4.98 Å². The summed E-state index contributed by atoms with van der Waals surface area (Å²) in [5.74, 6) is 1.00. The van der Waals surface area contributed by atoms with Gasteiger partial charge in [0, 0.05) is 26.1 Å². The lowest BCUT2D eigenvalue weighted by Gasteiger charge is -2.25. The number of carbonyl (C=O) groups is 1. The molecule has 6 nitrogen and oxygen atoms in total. The second-order valence-corrected chi connectivity index (χ2v) is 5.67. The minimum atomic E-state index is 0.155. The molecule has 0 saturated heterocycles. The molecule has 124 valence electrons. The van der Waals surface area contributed by atoms with E-state index in [0.717, 1.165) is 18.6 Å². The Labute approximate surface area is 137 Å². The molecule has 0 N–H and O–H groups in total. The fourth-order valence-electron chi connectivity index (χ4n) is 2.40. The summed E-state index contributed by atoms with van der Waals surface area (Å²) < 4.78 is 6.90. The molecule has 2 rings (SSSR count). The first-order valence-electron chi connectivity index (χ1n) is 7.81. The number of nitrogens with zero attached hydrogens (tertiary/aromatic N) is 4. The Hall–Kier alpha value is -2.37. The molecule has 0 fully saturated rings. The first-order chi connectivity index (χ1) is 11.1. The molecule has 23 heavy (non-hydrogen) atoms. The minimum Gasteiger partial charge on any atom is -0.497 e. The average molecular weight is 316 g/mol. The van der Waals surface area contributed by atoms with E-state index in [9.17, 15) is 4.79 Å². The zero-order valence-electron chi connectivity index (χ0n) is 14.0. The van der Waals surface area contributed by atoms with Crippen molar-refractivity contribution in [2.75, 3.05) is 14.2 Å². The van der Waals surface area contributed by atoms with Crippen molar-refractivity contribution in [2.24, 2.45) is 0 Å². The number of benzene rings is 1. The number of rotatable bonds is 8. The molecule has 1 amide bonds.